The van der Waals surface area contributed by atoms with E-state index in [1.807, 2.05) is 0 Å². The van der Waals surface area contributed by atoms with Crippen LogP contribution in [0.2, 0.25) is 5.02 Å². The molecule has 0 fully saturated rings. The maximum atomic E-state index is 11.0. The van der Waals surface area contributed by atoms with E-state index in [1.54, 1.807) is 49.5 Å². The van der Waals surface area contributed by atoms with Gasteiger partial charge < -0.3 is 5.32 Å². The molecule has 0 aromatic heterocycles. The molecule has 0 atom stereocenters. The van der Waals surface area contributed by atoms with Crippen molar-refractivity contribution in [2.45, 2.75) is 0 Å². The Kier molecular flexibility index (Phi) is 5.61. The van der Waals surface area contributed by atoms with Crippen molar-refractivity contribution < 1.29 is 4.92 Å². The molecule has 0 aliphatic carbocycles. The molecule has 8 heteroatoms. The number of halogens is 1. The van der Waals surface area contributed by atoms with Crippen LogP contribution in [0.1, 0.15) is 5.56 Å². The van der Waals surface area contributed by atoms with Crippen LogP contribution in [-0.2, 0) is 0 Å². The third-order valence-electron chi connectivity index (χ3n) is 2.89. The van der Waals surface area contributed by atoms with E-state index in [1.165, 1.54) is 17.3 Å². The highest BCUT2D eigenvalue weighted by Crippen LogP contribution is 2.16. The van der Waals surface area contributed by atoms with Crippen LogP contribution in [0.15, 0.2) is 53.6 Å². The van der Waals surface area contributed by atoms with Gasteiger partial charge in [0.1, 0.15) is 0 Å². The van der Waals surface area contributed by atoms with Gasteiger partial charge in [-0.1, -0.05) is 23.7 Å². The highest BCUT2D eigenvalue weighted by Gasteiger charge is 2.10. The smallest absolute Gasteiger partial charge is 0.278 e. The van der Waals surface area contributed by atoms with Gasteiger partial charge in [-0.25, -0.2) is 5.01 Å². The van der Waals surface area contributed by atoms with Crippen molar-refractivity contribution in [3.05, 3.63) is 69.2 Å². The average molecular weight is 349 g/mol. The van der Waals surface area contributed by atoms with Crippen LogP contribution in [0, 0.1) is 10.1 Å². The molecular formula is C15H13ClN4O2S. The van der Waals surface area contributed by atoms with Gasteiger partial charge in [-0.2, -0.15) is 5.10 Å². The van der Waals surface area contributed by atoms with Crippen molar-refractivity contribution in [2.24, 2.45) is 5.10 Å². The summed E-state index contributed by atoms with van der Waals surface area (Å²) in [4.78, 5) is 10.5. The number of rotatable bonds is 4. The van der Waals surface area contributed by atoms with E-state index in [-0.39, 0.29) is 5.69 Å². The molecule has 2 rings (SSSR count). The third kappa shape index (κ3) is 4.73. The summed E-state index contributed by atoms with van der Waals surface area (Å²) in [6.45, 7) is 0. The minimum Gasteiger partial charge on any atom is -0.331 e. The molecule has 0 heterocycles. The molecule has 118 valence electrons. The second kappa shape index (κ2) is 7.66. The number of nitro groups is 1. The zero-order valence-electron chi connectivity index (χ0n) is 12.1. The normalized spacial score (nSPS) is 10.5. The lowest BCUT2D eigenvalue weighted by molar-refractivity contribution is -0.385. The van der Waals surface area contributed by atoms with Gasteiger partial charge >= 0.3 is 0 Å². The second-order valence-electron chi connectivity index (χ2n) is 4.52. The van der Waals surface area contributed by atoms with Crippen LogP contribution < -0.4 is 5.32 Å². The summed E-state index contributed by atoms with van der Waals surface area (Å²) in [6.07, 6.45) is 1.40. The molecule has 0 unspecified atom stereocenters. The molecule has 2 aromatic rings. The minimum absolute atomic E-state index is 0.0128. The van der Waals surface area contributed by atoms with Gasteiger partial charge in [-0.05, 0) is 42.5 Å². The summed E-state index contributed by atoms with van der Waals surface area (Å²) in [7, 11) is 1.65. The first kappa shape index (κ1) is 16.9. The highest BCUT2D eigenvalue weighted by atomic mass is 35.5. The van der Waals surface area contributed by atoms with Crippen molar-refractivity contribution in [1.82, 2.24) is 5.01 Å². The Morgan fingerprint density at radius 3 is 2.61 bits per heavy atom. The zero-order valence-corrected chi connectivity index (χ0v) is 13.7. The van der Waals surface area contributed by atoms with Gasteiger partial charge in [0, 0.05) is 23.8 Å². The standard InChI is InChI=1S/C15H13ClN4O2S/c1-19(15(23)18-13-8-6-12(16)7-9-13)17-10-11-4-2-3-5-14(11)20(21)22/h2-10H,1H3,(H,18,23)/b17-10+. The Bertz CT molecular complexity index is 749. The Labute approximate surface area is 143 Å². The predicted molar refractivity (Wildman–Crippen MR) is 96.1 cm³/mol. The van der Waals surface area contributed by atoms with Gasteiger partial charge in [0.2, 0.25) is 0 Å². The Hall–Kier alpha value is -2.51. The summed E-state index contributed by atoms with van der Waals surface area (Å²) in [6, 6.07) is 13.4. The number of hydrazone groups is 1. The number of anilines is 1. The van der Waals surface area contributed by atoms with Crippen LogP contribution >= 0.6 is 23.8 Å². The van der Waals surface area contributed by atoms with Crippen LogP contribution in [0.3, 0.4) is 0 Å². The molecular weight excluding hydrogens is 336 g/mol. The number of hydrogen-bond donors (Lipinski definition) is 1. The van der Waals surface area contributed by atoms with E-state index in [4.69, 9.17) is 23.8 Å². The van der Waals surface area contributed by atoms with Crippen LogP contribution in [-0.4, -0.2) is 28.3 Å². The van der Waals surface area contributed by atoms with Crippen molar-refractivity contribution in [3.63, 3.8) is 0 Å². The summed E-state index contributed by atoms with van der Waals surface area (Å²) < 4.78 is 0. The molecule has 23 heavy (non-hydrogen) atoms. The molecule has 0 aliphatic rings. The summed E-state index contributed by atoms with van der Waals surface area (Å²) >= 11 is 11.0. The van der Waals surface area contributed by atoms with Crippen molar-refractivity contribution in [2.75, 3.05) is 12.4 Å². The Morgan fingerprint density at radius 1 is 1.30 bits per heavy atom. The van der Waals surface area contributed by atoms with E-state index in [9.17, 15) is 10.1 Å². The fraction of sp³-hybridized carbons (Fsp3) is 0.0667. The number of thiocarbonyl (C=S) groups is 1. The first-order valence-corrected chi connectivity index (χ1v) is 7.33. The van der Waals surface area contributed by atoms with E-state index in [0.717, 1.165) is 5.69 Å². The summed E-state index contributed by atoms with van der Waals surface area (Å²) in [5, 5.41) is 20.5. The summed E-state index contributed by atoms with van der Waals surface area (Å²) in [5.41, 5.74) is 1.16. The number of nitro benzene ring substituents is 1. The predicted octanol–water partition coefficient (Wildman–Crippen LogP) is 3.91. The second-order valence-corrected chi connectivity index (χ2v) is 5.34. The van der Waals surface area contributed by atoms with Crippen molar-refractivity contribution in [3.8, 4) is 0 Å². The van der Waals surface area contributed by atoms with Crippen LogP contribution in [0.4, 0.5) is 11.4 Å². The maximum absolute atomic E-state index is 11.0. The lowest BCUT2D eigenvalue weighted by Gasteiger charge is -2.15. The molecule has 0 saturated carbocycles. The highest BCUT2D eigenvalue weighted by molar-refractivity contribution is 7.80. The molecule has 2 aromatic carbocycles. The van der Waals surface area contributed by atoms with Crippen LogP contribution in [0.25, 0.3) is 0 Å². The first-order valence-electron chi connectivity index (χ1n) is 6.55. The lowest BCUT2D eigenvalue weighted by Crippen LogP contribution is -2.26. The van der Waals surface area contributed by atoms with Gasteiger partial charge in [0.25, 0.3) is 5.69 Å². The van der Waals surface area contributed by atoms with Gasteiger partial charge in [0.15, 0.2) is 5.11 Å². The van der Waals surface area contributed by atoms with E-state index < -0.39 is 4.92 Å². The van der Waals surface area contributed by atoms with Crippen LogP contribution in [0.5, 0.6) is 0 Å². The summed E-state index contributed by atoms with van der Waals surface area (Å²) in [5.74, 6) is 0. The molecule has 1 N–H and O–H groups in total. The number of nitrogens with one attached hydrogen (secondary N) is 1. The van der Waals surface area contributed by atoms with Gasteiger partial charge in [-0.15, -0.1) is 0 Å². The molecule has 0 spiro atoms. The van der Waals surface area contributed by atoms with E-state index in [2.05, 4.69) is 10.4 Å². The van der Waals surface area contributed by atoms with E-state index >= 15 is 0 Å². The van der Waals surface area contributed by atoms with E-state index in [0.29, 0.717) is 15.7 Å². The maximum Gasteiger partial charge on any atom is 0.278 e. The zero-order chi connectivity index (χ0) is 16.8. The minimum atomic E-state index is -0.453. The van der Waals surface area contributed by atoms with Crippen molar-refractivity contribution >= 4 is 46.5 Å². The number of benzene rings is 2. The first-order chi connectivity index (χ1) is 11.0. The molecule has 0 saturated heterocycles. The van der Waals surface area contributed by atoms with Gasteiger partial charge in [-0.3, -0.25) is 10.1 Å². The lowest BCUT2D eigenvalue weighted by atomic mass is 10.2. The fourth-order valence-electron chi connectivity index (χ4n) is 1.70. The number of nitrogens with zero attached hydrogens (tertiary/aromatic N) is 3. The molecule has 0 aliphatic heterocycles. The molecule has 0 amide bonds. The number of para-hydroxylation sites is 1. The SMILES string of the molecule is CN(/N=C/c1ccccc1[N+](=O)[O-])C(=S)Nc1ccc(Cl)cc1. The largest absolute Gasteiger partial charge is 0.331 e. The third-order valence-corrected chi connectivity index (χ3v) is 3.51. The quantitative estimate of drug-likeness (QED) is 0.392. The average Bonchev–Trinajstić information content (AvgIpc) is 2.54. The van der Waals surface area contributed by atoms with Crippen molar-refractivity contribution in [1.29, 1.82) is 0 Å². The molecule has 6 nitrogen and oxygen atoms in total. The molecule has 0 radical (unpaired) electrons. The topological polar surface area (TPSA) is 70.8 Å². The number of hydrogen-bond acceptors (Lipinski definition) is 4. The Morgan fingerprint density at radius 2 is 1.96 bits per heavy atom. The monoisotopic (exact) mass is 348 g/mol. The Balaban J connectivity index is 2.06. The van der Waals surface area contributed by atoms with Gasteiger partial charge in [0.05, 0.1) is 16.7 Å². The fourth-order valence-corrected chi connectivity index (χ4v) is 1.99. The molecule has 0 bridgehead atoms.